The summed E-state index contributed by atoms with van der Waals surface area (Å²) in [5, 5.41) is 6.17. The summed E-state index contributed by atoms with van der Waals surface area (Å²) in [5.41, 5.74) is 6.47. The fourth-order valence-corrected chi connectivity index (χ4v) is 3.52. The first-order valence-corrected chi connectivity index (χ1v) is 10.4. The van der Waals surface area contributed by atoms with Gasteiger partial charge < -0.3 is 15.4 Å². The Hall–Kier alpha value is -3.27. The lowest BCUT2D eigenvalue weighted by Gasteiger charge is -2.14. The van der Waals surface area contributed by atoms with Crippen molar-refractivity contribution in [2.45, 2.75) is 33.6 Å². The van der Waals surface area contributed by atoms with Gasteiger partial charge in [-0.05, 0) is 74.6 Å². The lowest BCUT2D eigenvalue weighted by atomic mass is 10.1. The molecule has 0 heterocycles. The summed E-state index contributed by atoms with van der Waals surface area (Å²) in [6.45, 7) is 6.98. The molecule has 0 radical (unpaired) electrons. The lowest BCUT2D eigenvalue weighted by Crippen LogP contribution is -2.22. The minimum Gasteiger partial charge on any atom is -0.494 e. The van der Waals surface area contributed by atoms with Crippen LogP contribution in [0.25, 0.3) is 0 Å². The first-order valence-electron chi connectivity index (χ1n) is 10.4. The second-order valence-electron chi connectivity index (χ2n) is 7.64. The Morgan fingerprint density at radius 1 is 0.900 bits per heavy atom. The molecule has 0 aliphatic heterocycles. The fraction of sp³-hybridized carbons (Fsp3) is 0.269. The van der Waals surface area contributed by atoms with Crippen molar-refractivity contribution in [2.75, 3.05) is 23.8 Å². The molecule has 1 amide bonds. The van der Waals surface area contributed by atoms with E-state index in [4.69, 9.17) is 4.74 Å². The molecule has 156 valence electrons. The zero-order valence-electron chi connectivity index (χ0n) is 18.0. The SMILES string of the molecule is Cc1cc(C)c(NC(=O)CNc2ccc(OCCCc3ccccc3)cc2)c(C)c1. The number of hydrogen-bond acceptors (Lipinski definition) is 3. The van der Waals surface area contributed by atoms with Gasteiger partial charge in [0.15, 0.2) is 0 Å². The number of ether oxygens (including phenoxy) is 1. The average molecular weight is 403 g/mol. The Balaban J connectivity index is 1.41. The number of nitrogens with one attached hydrogen (secondary N) is 2. The van der Waals surface area contributed by atoms with Crippen LogP contribution >= 0.6 is 0 Å². The first-order chi connectivity index (χ1) is 14.5. The monoisotopic (exact) mass is 402 g/mol. The number of carbonyl (C=O) groups is 1. The van der Waals surface area contributed by atoms with Crippen molar-refractivity contribution < 1.29 is 9.53 Å². The molecule has 0 unspecified atom stereocenters. The van der Waals surface area contributed by atoms with Crippen LogP contribution in [0.15, 0.2) is 66.7 Å². The molecule has 4 heteroatoms. The van der Waals surface area contributed by atoms with Crippen LogP contribution in [0, 0.1) is 20.8 Å². The Kier molecular flexibility index (Phi) is 7.50. The molecule has 3 aromatic rings. The second-order valence-corrected chi connectivity index (χ2v) is 7.64. The van der Waals surface area contributed by atoms with Crippen molar-refractivity contribution in [1.29, 1.82) is 0 Å². The number of aryl methyl sites for hydroxylation is 4. The van der Waals surface area contributed by atoms with Gasteiger partial charge >= 0.3 is 0 Å². The minimum atomic E-state index is -0.0636. The van der Waals surface area contributed by atoms with Crippen molar-refractivity contribution in [3.63, 3.8) is 0 Å². The quantitative estimate of drug-likeness (QED) is 0.453. The molecule has 3 rings (SSSR count). The van der Waals surface area contributed by atoms with Gasteiger partial charge in [0.2, 0.25) is 5.91 Å². The van der Waals surface area contributed by atoms with Gasteiger partial charge in [0, 0.05) is 11.4 Å². The molecule has 0 saturated carbocycles. The summed E-state index contributed by atoms with van der Waals surface area (Å²) < 4.78 is 5.82. The molecule has 0 atom stereocenters. The largest absolute Gasteiger partial charge is 0.494 e. The highest BCUT2D eigenvalue weighted by molar-refractivity contribution is 5.95. The van der Waals surface area contributed by atoms with E-state index in [1.165, 1.54) is 11.1 Å². The first kappa shape index (κ1) is 21.4. The maximum Gasteiger partial charge on any atom is 0.243 e. The van der Waals surface area contributed by atoms with E-state index in [9.17, 15) is 4.79 Å². The van der Waals surface area contributed by atoms with E-state index in [1.54, 1.807) is 0 Å². The molecular weight excluding hydrogens is 372 g/mol. The lowest BCUT2D eigenvalue weighted by molar-refractivity contribution is -0.114. The molecular formula is C26H30N2O2. The Morgan fingerprint density at radius 2 is 1.57 bits per heavy atom. The zero-order chi connectivity index (χ0) is 21.3. The van der Waals surface area contributed by atoms with E-state index in [2.05, 4.69) is 54.0 Å². The molecule has 0 fully saturated rings. The predicted octanol–water partition coefficient (Wildman–Crippen LogP) is 5.67. The molecule has 0 aliphatic rings. The molecule has 30 heavy (non-hydrogen) atoms. The van der Waals surface area contributed by atoms with Gasteiger partial charge in [-0.2, -0.15) is 0 Å². The average Bonchev–Trinajstić information content (AvgIpc) is 2.74. The highest BCUT2D eigenvalue weighted by Crippen LogP contribution is 2.22. The van der Waals surface area contributed by atoms with Crippen LogP contribution in [0.2, 0.25) is 0 Å². The van der Waals surface area contributed by atoms with E-state index >= 15 is 0 Å². The minimum absolute atomic E-state index is 0.0636. The van der Waals surface area contributed by atoms with Gasteiger partial charge in [-0.1, -0.05) is 48.0 Å². The Labute approximate surface area is 179 Å². The van der Waals surface area contributed by atoms with Crippen molar-refractivity contribution in [2.24, 2.45) is 0 Å². The van der Waals surface area contributed by atoms with E-state index in [0.717, 1.165) is 41.1 Å². The third kappa shape index (κ3) is 6.38. The number of rotatable bonds is 9. The molecule has 0 aliphatic carbocycles. The Morgan fingerprint density at radius 3 is 2.23 bits per heavy atom. The van der Waals surface area contributed by atoms with Crippen molar-refractivity contribution >= 4 is 17.3 Å². The molecule has 0 spiro atoms. The van der Waals surface area contributed by atoms with Crippen LogP contribution in [-0.4, -0.2) is 19.1 Å². The van der Waals surface area contributed by atoms with E-state index in [-0.39, 0.29) is 12.5 Å². The number of benzene rings is 3. The number of carbonyl (C=O) groups excluding carboxylic acids is 1. The predicted molar refractivity (Wildman–Crippen MR) is 124 cm³/mol. The second kappa shape index (κ2) is 10.5. The molecule has 0 saturated heterocycles. The summed E-state index contributed by atoms with van der Waals surface area (Å²) in [4.78, 5) is 12.3. The topological polar surface area (TPSA) is 50.4 Å². The Bertz CT molecular complexity index is 943. The maximum atomic E-state index is 12.3. The number of anilines is 2. The van der Waals surface area contributed by atoms with Crippen LogP contribution < -0.4 is 15.4 Å². The third-order valence-electron chi connectivity index (χ3n) is 4.97. The number of hydrogen-bond donors (Lipinski definition) is 2. The molecule has 2 N–H and O–H groups in total. The summed E-state index contributed by atoms with van der Waals surface area (Å²) in [6.07, 6.45) is 1.98. The van der Waals surface area contributed by atoms with Gasteiger partial charge in [-0.15, -0.1) is 0 Å². The molecule has 0 aromatic heterocycles. The van der Waals surface area contributed by atoms with Crippen molar-refractivity contribution in [3.8, 4) is 5.75 Å². The van der Waals surface area contributed by atoms with E-state index in [1.807, 2.05) is 44.2 Å². The highest BCUT2D eigenvalue weighted by Gasteiger charge is 2.08. The summed E-state index contributed by atoms with van der Waals surface area (Å²) in [5.74, 6) is 0.773. The van der Waals surface area contributed by atoms with Crippen molar-refractivity contribution in [1.82, 2.24) is 0 Å². The van der Waals surface area contributed by atoms with Crippen LogP contribution in [0.5, 0.6) is 5.75 Å². The van der Waals surface area contributed by atoms with Crippen LogP contribution in [-0.2, 0) is 11.2 Å². The molecule has 4 nitrogen and oxygen atoms in total. The van der Waals surface area contributed by atoms with Crippen LogP contribution in [0.1, 0.15) is 28.7 Å². The van der Waals surface area contributed by atoms with Gasteiger partial charge in [-0.3, -0.25) is 4.79 Å². The highest BCUT2D eigenvalue weighted by atomic mass is 16.5. The third-order valence-corrected chi connectivity index (χ3v) is 4.97. The fourth-order valence-electron chi connectivity index (χ4n) is 3.52. The molecule has 3 aromatic carbocycles. The van der Waals surface area contributed by atoms with Crippen molar-refractivity contribution in [3.05, 3.63) is 89.0 Å². The number of amides is 1. The summed E-state index contributed by atoms with van der Waals surface area (Å²) >= 11 is 0. The normalized spacial score (nSPS) is 10.5. The zero-order valence-corrected chi connectivity index (χ0v) is 18.0. The van der Waals surface area contributed by atoms with E-state index < -0.39 is 0 Å². The van der Waals surface area contributed by atoms with Crippen LogP contribution in [0.3, 0.4) is 0 Å². The van der Waals surface area contributed by atoms with Gasteiger partial charge in [-0.25, -0.2) is 0 Å². The van der Waals surface area contributed by atoms with Gasteiger partial charge in [0.05, 0.1) is 13.2 Å². The van der Waals surface area contributed by atoms with Gasteiger partial charge in [0.1, 0.15) is 5.75 Å². The smallest absolute Gasteiger partial charge is 0.243 e. The van der Waals surface area contributed by atoms with Gasteiger partial charge in [0.25, 0.3) is 0 Å². The van der Waals surface area contributed by atoms with E-state index in [0.29, 0.717) is 6.61 Å². The summed E-state index contributed by atoms with van der Waals surface area (Å²) in [6, 6.07) is 22.3. The molecule has 0 bridgehead atoms. The van der Waals surface area contributed by atoms with Crippen LogP contribution in [0.4, 0.5) is 11.4 Å². The maximum absolute atomic E-state index is 12.3. The standard InChI is InChI=1S/C26H30N2O2/c1-19-16-20(2)26(21(3)17-19)28-25(29)18-27-23-11-13-24(14-12-23)30-15-7-10-22-8-5-4-6-9-22/h4-6,8-9,11-14,16-17,27H,7,10,15,18H2,1-3H3,(H,28,29). The summed E-state index contributed by atoms with van der Waals surface area (Å²) in [7, 11) is 0.